The highest BCUT2D eigenvalue weighted by Crippen LogP contribution is 2.35. The lowest BCUT2D eigenvalue weighted by atomic mass is 10.1. The molecule has 1 aromatic carbocycles. The largest absolute Gasteiger partial charge is 0.327 e. The minimum atomic E-state index is -3.66. The molecule has 0 spiro atoms. The Morgan fingerprint density at radius 1 is 1.35 bits per heavy atom. The second kappa shape index (κ2) is 5.81. The van der Waals surface area contributed by atoms with Crippen LogP contribution >= 0.6 is 23.2 Å². The van der Waals surface area contributed by atoms with E-state index in [0.717, 1.165) is 12.8 Å². The summed E-state index contributed by atoms with van der Waals surface area (Å²) in [5, 5.41) is 0.651. The fourth-order valence-corrected chi connectivity index (χ4v) is 5.14. The van der Waals surface area contributed by atoms with Crippen molar-refractivity contribution in [1.29, 1.82) is 0 Å². The Kier molecular flexibility index (Phi) is 4.66. The molecule has 1 aromatic rings. The number of nitrogens with two attached hydrogens (primary N) is 1. The molecule has 1 aliphatic rings. The zero-order valence-electron chi connectivity index (χ0n) is 11.5. The maximum atomic E-state index is 12.8. The molecule has 1 fully saturated rings. The quantitative estimate of drug-likeness (QED) is 0.902. The second-order valence-electron chi connectivity index (χ2n) is 5.21. The van der Waals surface area contributed by atoms with Gasteiger partial charge in [-0.05, 0) is 43.9 Å². The standard InChI is InChI=1S/C13H18Cl2N2O2S/c1-8-6-11(14)9(2)13(12(8)15)20(18,19)17-5-3-4-10(16)7-17/h6,10H,3-5,7,16H2,1-2H3. The molecule has 0 bridgehead atoms. The summed E-state index contributed by atoms with van der Waals surface area (Å²) >= 11 is 12.3. The fourth-order valence-electron chi connectivity index (χ4n) is 2.44. The summed E-state index contributed by atoms with van der Waals surface area (Å²) in [6.07, 6.45) is 1.60. The van der Waals surface area contributed by atoms with Gasteiger partial charge < -0.3 is 5.73 Å². The lowest BCUT2D eigenvalue weighted by Gasteiger charge is -2.30. The Morgan fingerprint density at radius 3 is 2.60 bits per heavy atom. The first kappa shape index (κ1) is 16.0. The molecule has 2 rings (SSSR count). The number of benzene rings is 1. The molecular formula is C13H18Cl2N2O2S. The van der Waals surface area contributed by atoms with Gasteiger partial charge in [0.05, 0.1) is 5.02 Å². The fraction of sp³-hybridized carbons (Fsp3) is 0.538. The van der Waals surface area contributed by atoms with E-state index in [-0.39, 0.29) is 16.0 Å². The predicted octanol–water partition coefficient (Wildman–Crippen LogP) is 2.72. The minimum Gasteiger partial charge on any atom is -0.327 e. The molecule has 7 heteroatoms. The highest BCUT2D eigenvalue weighted by Gasteiger charge is 2.32. The minimum absolute atomic E-state index is 0.110. The highest BCUT2D eigenvalue weighted by molar-refractivity contribution is 7.89. The van der Waals surface area contributed by atoms with E-state index in [1.807, 2.05) is 0 Å². The van der Waals surface area contributed by atoms with Crippen LogP contribution in [0.2, 0.25) is 10.0 Å². The van der Waals surface area contributed by atoms with Gasteiger partial charge >= 0.3 is 0 Å². The first-order valence-corrected chi connectivity index (χ1v) is 8.65. The van der Waals surface area contributed by atoms with Crippen LogP contribution in [0.5, 0.6) is 0 Å². The highest BCUT2D eigenvalue weighted by atomic mass is 35.5. The van der Waals surface area contributed by atoms with Crippen LogP contribution < -0.4 is 5.73 Å². The number of hydrogen-bond donors (Lipinski definition) is 1. The number of piperidine rings is 1. The first-order valence-electron chi connectivity index (χ1n) is 6.46. The van der Waals surface area contributed by atoms with Crippen LogP contribution in [0, 0.1) is 13.8 Å². The molecule has 0 saturated carbocycles. The van der Waals surface area contributed by atoms with Gasteiger partial charge in [0, 0.05) is 24.2 Å². The topological polar surface area (TPSA) is 63.4 Å². The van der Waals surface area contributed by atoms with Gasteiger partial charge in [-0.25, -0.2) is 8.42 Å². The Morgan fingerprint density at radius 2 is 2.00 bits per heavy atom. The predicted molar refractivity (Wildman–Crippen MR) is 81.9 cm³/mol. The van der Waals surface area contributed by atoms with Crippen molar-refractivity contribution in [3.63, 3.8) is 0 Å². The van der Waals surface area contributed by atoms with Crippen LogP contribution in [0.3, 0.4) is 0 Å². The first-order chi connectivity index (χ1) is 9.25. The summed E-state index contributed by atoms with van der Waals surface area (Å²) < 4.78 is 27.0. The van der Waals surface area contributed by atoms with Crippen molar-refractivity contribution in [2.45, 2.75) is 37.6 Å². The Hall–Kier alpha value is -0.330. The van der Waals surface area contributed by atoms with Crippen molar-refractivity contribution in [2.75, 3.05) is 13.1 Å². The molecule has 1 saturated heterocycles. The third-order valence-electron chi connectivity index (χ3n) is 3.61. The van der Waals surface area contributed by atoms with E-state index in [1.165, 1.54) is 4.31 Å². The summed E-state index contributed by atoms with van der Waals surface area (Å²) in [5.41, 5.74) is 7.01. The Labute approximate surface area is 129 Å². The smallest absolute Gasteiger partial charge is 0.244 e. The summed E-state index contributed by atoms with van der Waals surface area (Å²) in [6, 6.07) is 1.55. The number of rotatable bonds is 2. The molecule has 0 radical (unpaired) electrons. The van der Waals surface area contributed by atoms with E-state index in [1.54, 1.807) is 19.9 Å². The molecule has 1 atom stereocenters. The summed E-state index contributed by atoms with van der Waals surface area (Å²) in [4.78, 5) is 0.110. The maximum absolute atomic E-state index is 12.8. The van der Waals surface area contributed by atoms with E-state index < -0.39 is 10.0 Å². The molecule has 0 amide bonds. The lowest BCUT2D eigenvalue weighted by molar-refractivity contribution is 0.316. The average molecular weight is 337 g/mol. The van der Waals surface area contributed by atoms with Gasteiger partial charge in [0.1, 0.15) is 4.90 Å². The maximum Gasteiger partial charge on any atom is 0.244 e. The Bertz CT molecular complexity index is 605. The average Bonchev–Trinajstić information content (AvgIpc) is 2.36. The molecule has 20 heavy (non-hydrogen) atoms. The number of hydrogen-bond acceptors (Lipinski definition) is 3. The van der Waals surface area contributed by atoms with Crippen LogP contribution in [-0.4, -0.2) is 31.9 Å². The molecule has 1 unspecified atom stereocenters. The van der Waals surface area contributed by atoms with Crippen LogP contribution in [0.15, 0.2) is 11.0 Å². The van der Waals surface area contributed by atoms with Gasteiger partial charge in [-0.1, -0.05) is 23.2 Å². The number of halogens is 2. The number of nitrogens with zero attached hydrogens (tertiary/aromatic N) is 1. The summed E-state index contributed by atoms with van der Waals surface area (Å²) in [7, 11) is -3.66. The SMILES string of the molecule is Cc1cc(Cl)c(C)c(S(=O)(=O)N2CCCC(N)C2)c1Cl. The van der Waals surface area contributed by atoms with Crippen LogP contribution in [0.4, 0.5) is 0 Å². The van der Waals surface area contributed by atoms with Crippen LogP contribution in [0.1, 0.15) is 24.0 Å². The van der Waals surface area contributed by atoms with E-state index in [2.05, 4.69) is 0 Å². The van der Waals surface area contributed by atoms with Crippen molar-refractivity contribution in [2.24, 2.45) is 5.73 Å². The lowest BCUT2D eigenvalue weighted by Crippen LogP contribution is -2.45. The van der Waals surface area contributed by atoms with Gasteiger partial charge in [-0.2, -0.15) is 4.31 Å². The van der Waals surface area contributed by atoms with E-state index in [0.29, 0.717) is 29.2 Å². The van der Waals surface area contributed by atoms with Gasteiger partial charge in [0.25, 0.3) is 0 Å². The van der Waals surface area contributed by atoms with Gasteiger partial charge in [0.2, 0.25) is 10.0 Å². The summed E-state index contributed by atoms with van der Waals surface area (Å²) in [5.74, 6) is 0. The van der Waals surface area contributed by atoms with Crippen molar-refractivity contribution < 1.29 is 8.42 Å². The van der Waals surface area contributed by atoms with E-state index in [4.69, 9.17) is 28.9 Å². The van der Waals surface area contributed by atoms with E-state index >= 15 is 0 Å². The van der Waals surface area contributed by atoms with Gasteiger partial charge in [-0.3, -0.25) is 0 Å². The normalized spacial score (nSPS) is 21.1. The summed E-state index contributed by atoms with van der Waals surface area (Å²) in [6.45, 7) is 4.21. The molecule has 4 nitrogen and oxygen atoms in total. The second-order valence-corrected chi connectivity index (χ2v) is 7.87. The van der Waals surface area contributed by atoms with Crippen molar-refractivity contribution >= 4 is 33.2 Å². The Balaban J connectivity index is 2.55. The molecule has 1 aliphatic heterocycles. The third-order valence-corrected chi connectivity index (χ3v) is 6.64. The molecule has 1 heterocycles. The van der Waals surface area contributed by atoms with Gasteiger partial charge in [-0.15, -0.1) is 0 Å². The number of sulfonamides is 1. The van der Waals surface area contributed by atoms with E-state index in [9.17, 15) is 8.42 Å². The zero-order valence-corrected chi connectivity index (χ0v) is 13.8. The number of aryl methyl sites for hydroxylation is 1. The zero-order chi connectivity index (χ0) is 15.1. The van der Waals surface area contributed by atoms with Crippen molar-refractivity contribution in [1.82, 2.24) is 4.31 Å². The van der Waals surface area contributed by atoms with Crippen LogP contribution in [-0.2, 0) is 10.0 Å². The van der Waals surface area contributed by atoms with Crippen molar-refractivity contribution in [3.05, 3.63) is 27.2 Å². The van der Waals surface area contributed by atoms with Crippen LogP contribution in [0.25, 0.3) is 0 Å². The van der Waals surface area contributed by atoms with Crippen molar-refractivity contribution in [3.8, 4) is 0 Å². The molecule has 0 aromatic heterocycles. The molecule has 112 valence electrons. The molecule has 2 N–H and O–H groups in total. The molecule has 0 aliphatic carbocycles. The monoisotopic (exact) mass is 336 g/mol. The third kappa shape index (κ3) is 2.83. The van der Waals surface area contributed by atoms with Gasteiger partial charge in [0.15, 0.2) is 0 Å². The molecular weight excluding hydrogens is 319 g/mol.